The van der Waals surface area contributed by atoms with Gasteiger partial charge in [-0.15, -0.1) is 5.10 Å². The lowest BCUT2D eigenvalue weighted by atomic mass is 10.3. The number of Topliss-reactive ketones (excluding diaryl/α,β-unsaturated/α-hetero) is 1. The summed E-state index contributed by atoms with van der Waals surface area (Å²) in [5, 5.41) is 7.07. The summed E-state index contributed by atoms with van der Waals surface area (Å²) in [7, 11) is 1.42. The van der Waals surface area contributed by atoms with Crippen LogP contribution in [0.1, 0.15) is 10.5 Å². The lowest BCUT2D eigenvalue weighted by Crippen LogP contribution is -2.15. The summed E-state index contributed by atoms with van der Waals surface area (Å²) in [5.41, 5.74) is 0.277. The quantitative estimate of drug-likeness (QED) is 0.612. The van der Waals surface area contributed by atoms with Gasteiger partial charge in [0.2, 0.25) is 5.78 Å². The van der Waals surface area contributed by atoms with Crippen LogP contribution < -0.4 is 0 Å². The second-order valence-electron chi connectivity index (χ2n) is 2.39. The number of halogens is 1. The maximum atomic E-state index is 12.0. The number of hydrogen-bond donors (Lipinski definition) is 0. The van der Waals surface area contributed by atoms with Gasteiger partial charge >= 0.3 is 0 Å². The van der Waals surface area contributed by atoms with Crippen molar-refractivity contribution in [3.05, 3.63) is 11.9 Å². The van der Waals surface area contributed by atoms with Gasteiger partial charge in [0.05, 0.1) is 12.7 Å². The molecule has 0 radical (unpaired) electrons. The van der Waals surface area contributed by atoms with Gasteiger partial charge < -0.3 is 4.74 Å². The average Bonchev–Trinajstić information content (AvgIpc) is 2.54. The third-order valence-electron chi connectivity index (χ3n) is 1.48. The highest BCUT2D eigenvalue weighted by Crippen LogP contribution is 1.98. The topological polar surface area (TPSA) is 57.0 Å². The van der Waals surface area contributed by atoms with E-state index in [2.05, 4.69) is 15.0 Å². The smallest absolute Gasteiger partial charge is 0.208 e. The highest BCUT2D eigenvalue weighted by atomic mass is 19.1. The first-order valence-corrected chi connectivity index (χ1v) is 3.76. The first-order chi connectivity index (χ1) is 6.29. The fraction of sp³-hybridized carbons (Fsp3) is 0.571. The number of hydrogen-bond acceptors (Lipinski definition) is 4. The predicted octanol–water partition coefficient (Wildman–Crippen LogP) is 0.0767. The van der Waals surface area contributed by atoms with Crippen molar-refractivity contribution in [1.82, 2.24) is 15.0 Å². The van der Waals surface area contributed by atoms with Crippen LogP contribution in [-0.4, -0.2) is 41.2 Å². The molecule has 72 valence electrons. The van der Waals surface area contributed by atoms with E-state index in [1.165, 1.54) is 18.0 Å². The summed E-state index contributed by atoms with van der Waals surface area (Å²) in [6.07, 6.45) is 1.30. The fourth-order valence-electron chi connectivity index (χ4n) is 0.924. The van der Waals surface area contributed by atoms with Crippen LogP contribution in [0.15, 0.2) is 6.20 Å². The Bertz CT molecular complexity index is 287. The molecule has 0 saturated heterocycles. The van der Waals surface area contributed by atoms with Gasteiger partial charge in [-0.1, -0.05) is 5.21 Å². The van der Waals surface area contributed by atoms with E-state index in [4.69, 9.17) is 0 Å². The molecule has 6 heteroatoms. The maximum Gasteiger partial charge on any atom is 0.208 e. The van der Waals surface area contributed by atoms with Gasteiger partial charge in [0.1, 0.15) is 19.0 Å². The summed E-state index contributed by atoms with van der Waals surface area (Å²) in [6.45, 7) is -0.568. The molecule has 0 N–H and O–H groups in total. The zero-order valence-electron chi connectivity index (χ0n) is 7.23. The Balaban J connectivity index is 2.74. The summed E-state index contributed by atoms with van der Waals surface area (Å²) in [4.78, 5) is 11.3. The van der Waals surface area contributed by atoms with Crippen molar-refractivity contribution in [2.75, 3.05) is 20.4 Å². The molecule has 0 spiro atoms. The van der Waals surface area contributed by atoms with E-state index in [1.807, 2.05) is 0 Å². The summed E-state index contributed by atoms with van der Waals surface area (Å²) in [5.74, 6) is -0.249. The van der Waals surface area contributed by atoms with Crippen molar-refractivity contribution in [1.29, 1.82) is 0 Å². The van der Waals surface area contributed by atoms with E-state index in [9.17, 15) is 9.18 Å². The molecule has 0 amide bonds. The predicted molar refractivity (Wildman–Crippen MR) is 42.2 cm³/mol. The van der Waals surface area contributed by atoms with Crippen LogP contribution in [-0.2, 0) is 11.3 Å². The largest absolute Gasteiger partial charge is 0.376 e. The van der Waals surface area contributed by atoms with E-state index in [1.54, 1.807) is 0 Å². The summed E-state index contributed by atoms with van der Waals surface area (Å²) in [6, 6.07) is 0. The summed E-state index contributed by atoms with van der Waals surface area (Å²) < 4.78 is 17.8. The van der Waals surface area contributed by atoms with Gasteiger partial charge in [-0.05, 0) is 0 Å². The molecule has 0 saturated carbocycles. The van der Waals surface area contributed by atoms with Gasteiger partial charge in [0.15, 0.2) is 0 Å². The minimum Gasteiger partial charge on any atom is -0.376 e. The van der Waals surface area contributed by atoms with Gasteiger partial charge in [-0.3, -0.25) is 4.79 Å². The Morgan fingerprint density at radius 1 is 1.77 bits per heavy atom. The van der Waals surface area contributed by atoms with E-state index >= 15 is 0 Å². The lowest BCUT2D eigenvalue weighted by molar-refractivity contribution is 0.0836. The summed E-state index contributed by atoms with van der Waals surface area (Å²) >= 11 is 0. The minimum absolute atomic E-state index is 0.0420. The molecule has 0 aromatic carbocycles. The van der Waals surface area contributed by atoms with Crippen molar-refractivity contribution >= 4 is 5.78 Å². The fourth-order valence-corrected chi connectivity index (χ4v) is 0.924. The third kappa shape index (κ3) is 2.32. The number of alkyl halides is 1. The molecule has 0 bridgehead atoms. The van der Waals surface area contributed by atoms with E-state index in [-0.39, 0.29) is 24.6 Å². The second-order valence-corrected chi connectivity index (χ2v) is 2.39. The average molecular weight is 187 g/mol. The van der Waals surface area contributed by atoms with Crippen LogP contribution in [0, 0.1) is 0 Å². The first kappa shape index (κ1) is 9.79. The number of nitrogens with zero attached hydrogens (tertiary/aromatic N) is 3. The molecule has 0 aliphatic heterocycles. The van der Waals surface area contributed by atoms with Gasteiger partial charge in [-0.2, -0.15) is 0 Å². The second kappa shape index (κ2) is 4.66. The van der Waals surface area contributed by atoms with Crippen LogP contribution >= 0.6 is 0 Å². The maximum absolute atomic E-state index is 12.0. The SMILES string of the molecule is COCC(=O)c1cnnn1CCF. The van der Waals surface area contributed by atoms with E-state index in [0.717, 1.165) is 0 Å². The van der Waals surface area contributed by atoms with Crippen LogP contribution in [0.4, 0.5) is 4.39 Å². The highest BCUT2D eigenvalue weighted by molar-refractivity contribution is 5.95. The normalized spacial score (nSPS) is 10.3. The zero-order valence-corrected chi connectivity index (χ0v) is 7.23. The molecule has 1 aromatic rings. The van der Waals surface area contributed by atoms with Crippen molar-refractivity contribution < 1.29 is 13.9 Å². The molecule has 0 fully saturated rings. The lowest BCUT2D eigenvalue weighted by Gasteiger charge is -2.01. The number of ketones is 1. The van der Waals surface area contributed by atoms with Crippen molar-refractivity contribution in [3.8, 4) is 0 Å². The molecule has 0 atom stereocenters. The van der Waals surface area contributed by atoms with Crippen molar-refractivity contribution in [2.45, 2.75) is 6.54 Å². The number of methoxy groups -OCH3 is 1. The molecule has 0 aliphatic carbocycles. The molecule has 1 heterocycles. The standard InChI is InChI=1S/C7H10FN3O2/c1-13-5-7(12)6-4-9-10-11(6)3-2-8/h4H,2-3,5H2,1H3. The van der Waals surface area contributed by atoms with Crippen molar-refractivity contribution in [3.63, 3.8) is 0 Å². The monoisotopic (exact) mass is 187 g/mol. The Morgan fingerprint density at radius 3 is 3.15 bits per heavy atom. The van der Waals surface area contributed by atoms with Gasteiger partial charge in [0, 0.05) is 7.11 Å². The number of ether oxygens (including phenoxy) is 1. The number of aromatic nitrogens is 3. The molecule has 5 nitrogen and oxygen atoms in total. The number of carbonyl (C=O) groups excluding carboxylic acids is 1. The molecular formula is C7H10FN3O2. The Labute approximate surface area is 74.5 Å². The van der Waals surface area contributed by atoms with Crippen LogP contribution in [0.5, 0.6) is 0 Å². The highest BCUT2D eigenvalue weighted by Gasteiger charge is 2.11. The third-order valence-corrected chi connectivity index (χ3v) is 1.48. The molecule has 1 aromatic heterocycles. The van der Waals surface area contributed by atoms with E-state index in [0.29, 0.717) is 0 Å². The number of carbonyl (C=O) groups is 1. The van der Waals surface area contributed by atoms with Crippen molar-refractivity contribution in [2.24, 2.45) is 0 Å². The van der Waals surface area contributed by atoms with Gasteiger partial charge in [0.25, 0.3) is 0 Å². The number of rotatable bonds is 5. The zero-order chi connectivity index (χ0) is 9.68. The van der Waals surface area contributed by atoms with Gasteiger partial charge in [-0.25, -0.2) is 9.07 Å². The Hall–Kier alpha value is -1.30. The Morgan fingerprint density at radius 2 is 2.54 bits per heavy atom. The van der Waals surface area contributed by atoms with Crippen LogP contribution in [0.25, 0.3) is 0 Å². The Kier molecular flexibility index (Phi) is 3.51. The molecule has 13 heavy (non-hydrogen) atoms. The molecule has 0 aliphatic rings. The van der Waals surface area contributed by atoms with Crippen LogP contribution in [0.3, 0.4) is 0 Å². The molecular weight excluding hydrogens is 177 g/mol. The minimum atomic E-state index is -0.573. The number of aryl methyl sites for hydroxylation is 1. The van der Waals surface area contributed by atoms with E-state index < -0.39 is 6.67 Å². The van der Waals surface area contributed by atoms with Crippen LogP contribution in [0.2, 0.25) is 0 Å². The first-order valence-electron chi connectivity index (χ1n) is 3.76. The molecule has 0 unspecified atom stereocenters. The molecule has 1 rings (SSSR count).